The van der Waals surface area contributed by atoms with Crippen molar-refractivity contribution in [1.82, 2.24) is 14.5 Å². The molecule has 5 nitrogen and oxygen atoms in total. The monoisotopic (exact) mass is 323 g/mol. The zero-order valence-corrected chi connectivity index (χ0v) is 12.0. The van der Waals surface area contributed by atoms with Gasteiger partial charge in [0.05, 0.1) is 11.8 Å². The van der Waals surface area contributed by atoms with Crippen LogP contribution in [0.4, 0.5) is 0 Å². The van der Waals surface area contributed by atoms with Crippen LogP contribution in [0.25, 0.3) is 11.0 Å². The number of ether oxygens (including phenoxy) is 1. The summed E-state index contributed by atoms with van der Waals surface area (Å²) in [6.07, 6.45) is 3.61. The molecule has 0 bridgehead atoms. The van der Waals surface area contributed by atoms with Crippen molar-refractivity contribution in [2.45, 2.75) is 19.4 Å². The highest BCUT2D eigenvalue weighted by atomic mass is 79.9. The van der Waals surface area contributed by atoms with Gasteiger partial charge in [0.2, 0.25) is 0 Å². The molecule has 2 aromatic rings. The van der Waals surface area contributed by atoms with Crippen LogP contribution < -0.4 is 5.56 Å². The number of rotatable bonds is 2. The molecule has 6 heteroatoms. The third-order valence-corrected chi connectivity index (χ3v) is 3.88. The summed E-state index contributed by atoms with van der Waals surface area (Å²) in [5.74, 6) is 0.484. The van der Waals surface area contributed by atoms with Gasteiger partial charge in [0.15, 0.2) is 5.52 Å². The number of pyridine rings is 1. The SMILES string of the molecule is O=c1c2nc(Br)ccc2ncn1CC1CCOCC1. The van der Waals surface area contributed by atoms with Crippen LogP contribution in [0.5, 0.6) is 0 Å². The highest BCUT2D eigenvalue weighted by Gasteiger charge is 2.16. The van der Waals surface area contributed by atoms with Gasteiger partial charge in [-0.05, 0) is 46.8 Å². The van der Waals surface area contributed by atoms with Crippen molar-refractivity contribution in [2.75, 3.05) is 13.2 Å². The zero-order valence-electron chi connectivity index (χ0n) is 10.4. The Morgan fingerprint density at radius 1 is 1.37 bits per heavy atom. The fraction of sp³-hybridized carbons (Fsp3) is 0.462. The molecule has 0 unspecified atom stereocenters. The number of aromatic nitrogens is 3. The minimum Gasteiger partial charge on any atom is -0.381 e. The van der Waals surface area contributed by atoms with Gasteiger partial charge in [-0.25, -0.2) is 9.97 Å². The maximum atomic E-state index is 12.4. The van der Waals surface area contributed by atoms with Gasteiger partial charge in [-0.3, -0.25) is 9.36 Å². The standard InChI is InChI=1S/C13H14BrN3O2/c14-11-2-1-10-12(16-11)13(18)17(8-15-10)7-9-3-5-19-6-4-9/h1-2,8-9H,3-7H2. The van der Waals surface area contributed by atoms with Gasteiger partial charge in [0.25, 0.3) is 5.56 Å². The van der Waals surface area contributed by atoms with E-state index in [9.17, 15) is 4.79 Å². The minimum atomic E-state index is -0.0715. The topological polar surface area (TPSA) is 57.0 Å². The van der Waals surface area contributed by atoms with E-state index in [2.05, 4.69) is 25.9 Å². The van der Waals surface area contributed by atoms with Crippen molar-refractivity contribution in [1.29, 1.82) is 0 Å². The lowest BCUT2D eigenvalue weighted by Crippen LogP contribution is -2.28. The van der Waals surface area contributed by atoms with E-state index < -0.39 is 0 Å². The van der Waals surface area contributed by atoms with Crippen LogP contribution in [0.1, 0.15) is 12.8 Å². The molecule has 19 heavy (non-hydrogen) atoms. The summed E-state index contributed by atoms with van der Waals surface area (Å²) in [6, 6.07) is 3.59. The summed E-state index contributed by atoms with van der Waals surface area (Å²) in [5, 5.41) is 0. The molecule has 1 aliphatic rings. The lowest BCUT2D eigenvalue weighted by atomic mass is 10.0. The van der Waals surface area contributed by atoms with Crippen molar-refractivity contribution < 1.29 is 4.74 Å². The molecule has 0 amide bonds. The first-order valence-corrected chi connectivity index (χ1v) is 7.13. The van der Waals surface area contributed by atoms with E-state index in [4.69, 9.17) is 4.74 Å². The Morgan fingerprint density at radius 3 is 2.95 bits per heavy atom. The Kier molecular flexibility index (Phi) is 3.61. The van der Waals surface area contributed by atoms with Gasteiger partial charge in [0, 0.05) is 19.8 Å². The third kappa shape index (κ3) is 2.69. The van der Waals surface area contributed by atoms with Crippen LogP contribution in [0.3, 0.4) is 0 Å². The van der Waals surface area contributed by atoms with Crippen LogP contribution in [0, 0.1) is 5.92 Å². The second-order valence-electron chi connectivity index (χ2n) is 4.76. The first-order valence-electron chi connectivity index (χ1n) is 6.33. The fourth-order valence-electron chi connectivity index (χ4n) is 2.35. The van der Waals surface area contributed by atoms with Crippen LogP contribution in [0.2, 0.25) is 0 Å². The lowest BCUT2D eigenvalue weighted by molar-refractivity contribution is 0.0609. The first-order chi connectivity index (χ1) is 9.24. The van der Waals surface area contributed by atoms with Crippen molar-refractivity contribution in [3.63, 3.8) is 0 Å². The van der Waals surface area contributed by atoms with E-state index in [1.807, 2.05) is 0 Å². The molecular weight excluding hydrogens is 310 g/mol. The minimum absolute atomic E-state index is 0.0715. The summed E-state index contributed by atoms with van der Waals surface area (Å²) in [7, 11) is 0. The van der Waals surface area contributed by atoms with Gasteiger partial charge in [-0.2, -0.15) is 0 Å². The molecule has 3 heterocycles. The van der Waals surface area contributed by atoms with E-state index in [1.54, 1.807) is 23.0 Å². The summed E-state index contributed by atoms with van der Waals surface area (Å²) in [6.45, 7) is 2.26. The number of halogens is 1. The highest BCUT2D eigenvalue weighted by molar-refractivity contribution is 9.10. The lowest BCUT2D eigenvalue weighted by Gasteiger charge is -2.22. The zero-order chi connectivity index (χ0) is 13.2. The van der Waals surface area contributed by atoms with Crippen LogP contribution in [-0.4, -0.2) is 27.7 Å². The quantitative estimate of drug-likeness (QED) is 0.793. The normalized spacial score (nSPS) is 16.9. The maximum absolute atomic E-state index is 12.4. The molecule has 1 fully saturated rings. The van der Waals surface area contributed by atoms with Gasteiger partial charge in [0.1, 0.15) is 4.60 Å². The molecule has 1 saturated heterocycles. The van der Waals surface area contributed by atoms with Crippen LogP contribution in [-0.2, 0) is 11.3 Å². The van der Waals surface area contributed by atoms with Gasteiger partial charge in [-0.15, -0.1) is 0 Å². The van der Waals surface area contributed by atoms with E-state index in [-0.39, 0.29) is 5.56 Å². The average molecular weight is 324 g/mol. The predicted molar refractivity (Wildman–Crippen MR) is 75.0 cm³/mol. The molecule has 0 N–H and O–H groups in total. The molecule has 100 valence electrons. The average Bonchev–Trinajstić information content (AvgIpc) is 2.44. The van der Waals surface area contributed by atoms with Gasteiger partial charge >= 0.3 is 0 Å². The van der Waals surface area contributed by atoms with Crippen molar-refractivity contribution in [3.05, 3.63) is 33.4 Å². The Labute approximate surface area is 118 Å². The molecule has 0 atom stereocenters. The third-order valence-electron chi connectivity index (χ3n) is 3.44. The van der Waals surface area contributed by atoms with E-state index in [0.29, 0.717) is 28.1 Å². The van der Waals surface area contributed by atoms with E-state index in [1.165, 1.54) is 0 Å². The number of fused-ring (bicyclic) bond motifs is 1. The molecule has 3 rings (SSSR count). The summed E-state index contributed by atoms with van der Waals surface area (Å²) >= 11 is 3.29. The number of nitrogens with zero attached hydrogens (tertiary/aromatic N) is 3. The van der Waals surface area contributed by atoms with Gasteiger partial charge < -0.3 is 4.74 Å². The first kappa shape index (κ1) is 12.7. The van der Waals surface area contributed by atoms with Crippen molar-refractivity contribution >= 4 is 27.0 Å². The summed E-state index contributed by atoms with van der Waals surface area (Å²) in [5.41, 5.74) is 0.984. The Balaban J connectivity index is 1.95. The van der Waals surface area contributed by atoms with Crippen LogP contribution in [0.15, 0.2) is 27.9 Å². The summed E-state index contributed by atoms with van der Waals surface area (Å²) < 4.78 is 7.65. The maximum Gasteiger partial charge on any atom is 0.279 e. The number of hydrogen-bond donors (Lipinski definition) is 0. The number of hydrogen-bond acceptors (Lipinski definition) is 4. The molecule has 2 aromatic heterocycles. The Morgan fingerprint density at radius 2 is 2.16 bits per heavy atom. The molecule has 0 radical (unpaired) electrons. The molecule has 0 spiro atoms. The van der Waals surface area contributed by atoms with Crippen LogP contribution >= 0.6 is 15.9 Å². The second kappa shape index (κ2) is 5.38. The van der Waals surface area contributed by atoms with E-state index >= 15 is 0 Å². The van der Waals surface area contributed by atoms with Crippen molar-refractivity contribution in [2.24, 2.45) is 5.92 Å². The highest BCUT2D eigenvalue weighted by Crippen LogP contribution is 2.16. The Hall–Kier alpha value is -1.27. The molecule has 0 aliphatic carbocycles. The molecule has 0 saturated carbocycles. The molecule has 1 aliphatic heterocycles. The predicted octanol–water partition coefficient (Wildman–Crippen LogP) is 1.98. The smallest absolute Gasteiger partial charge is 0.279 e. The fourth-order valence-corrected chi connectivity index (χ4v) is 2.66. The Bertz CT molecular complexity index is 650. The molecular formula is C13H14BrN3O2. The second-order valence-corrected chi connectivity index (χ2v) is 5.57. The van der Waals surface area contributed by atoms with Crippen molar-refractivity contribution in [3.8, 4) is 0 Å². The largest absolute Gasteiger partial charge is 0.381 e. The summed E-state index contributed by atoms with van der Waals surface area (Å²) in [4.78, 5) is 20.9. The molecule has 0 aromatic carbocycles. The van der Waals surface area contributed by atoms with E-state index in [0.717, 1.165) is 26.1 Å². The van der Waals surface area contributed by atoms with Gasteiger partial charge in [-0.1, -0.05) is 0 Å².